The number of aryl methyl sites for hydroxylation is 1. The lowest BCUT2D eigenvalue weighted by atomic mass is 10.3. The quantitative estimate of drug-likeness (QED) is 0.756. The van der Waals surface area contributed by atoms with Crippen LogP contribution in [0.2, 0.25) is 0 Å². The number of thioether (sulfide) groups is 1. The number of aromatic nitrogens is 2. The SMILES string of the molecule is COc1ccc2c(c1)nc(CCl)n2CCC(C)SC. The highest BCUT2D eigenvalue weighted by molar-refractivity contribution is 7.99. The van der Waals surface area contributed by atoms with Crippen LogP contribution in [0.25, 0.3) is 11.0 Å². The predicted molar refractivity (Wildman–Crippen MR) is 83.4 cm³/mol. The third-order valence-electron chi connectivity index (χ3n) is 3.32. The van der Waals surface area contributed by atoms with Crippen molar-refractivity contribution in [3.8, 4) is 5.75 Å². The predicted octanol–water partition coefficient (Wildman–Crippen LogP) is 3.93. The molecular formula is C14H19ClN2OS. The minimum absolute atomic E-state index is 0.435. The van der Waals surface area contributed by atoms with E-state index >= 15 is 0 Å². The first-order valence-electron chi connectivity index (χ1n) is 6.31. The molecule has 104 valence electrons. The molecule has 0 radical (unpaired) electrons. The van der Waals surface area contributed by atoms with E-state index in [0.717, 1.165) is 35.6 Å². The molecule has 0 amide bonds. The van der Waals surface area contributed by atoms with Crippen molar-refractivity contribution in [1.82, 2.24) is 9.55 Å². The Labute approximate surface area is 123 Å². The normalized spacial score (nSPS) is 12.8. The number of imidazole rings is 1. The van der Waals surface area contributed by atoms with E-state index in [1.165, 1.54) is 0 Å². The highest BCUT2D eigenvalue weighted by Gasteiger charge is 2.11. The molecule has 1 unspecified atom stereocenters. The van der Waals surface area contributed by atoms with Gasteiger partial charge in [0.15, 0.2) is 0 Å². The molecule has 0 fully saturated rings. The molecule has 0 aliphatic rings. The van der Waals surface area contributed by atoms with Crippen LogP contribution in [0.3, 0.4) is 0 Å². The van der Waals surface area contributed by atoms with Crippen LogP contribution in [-0.4, -0.2) is 28.2 Å². The van der Waals surface area contributed by atoms with Crippen molar-refractivity contribution in [1.29, 1.82) is 0 Å². The maximum absolute atomic E-state index is 6.01. The second-order valence-electron chi connectivity index (χ2n) is 4.50. The van der Waals surface area contributed by atoms with Gasteiger partial charge in [-0.3, -0.25) is 0 Å². The molecule has 3 nitrogen and oxygen atoms in total. The second-order valence-corrected chi connectivity index (χ2v) is 6.05. The summed E-state index contributed by atoms with van der Waals surface area (Å²) in [6.45, 7) is 3.19. The molecule has 0 aliphatic carbocycles. The monoisotopic (exact) mass is 298 g/mol. The molecule has 0 saturated carbocycles. The summed E-state index contributed by atoms with van der Waals surface area (Å²) in [6.07, 6.45) is 3.26. The third-order valence-corrected chi connectivity index (χ3v) is 4.60. The van der Waals surface area contributed by atoms with Gasteiger partial charge in [-0.2, -0.15) is 11.8 Å². The molecule has 1 aromatic heterocycles. The van der Waals surface area contributed by atoms with Crippen molar-refractivity contribution in [2.24, 2.45) is 0 Å². The van der Waals surface area contributed by atoms with Gasteiger partial charge in [0, 0.05) is 17.9 Å². The third kappa shape index (κ3) is 3.18. The highest BCUT2D eigenvalue weighted by atomic mass is 35.5. The average molecular weight is 299 g/mol. The second kappa shape index (κ2) is 6.53. The lowest BCUT2D eigenvalue weighted by Crippen LogP contribution is -2.07. The Morgan fingerprint density at radius 1 is 1.47 bits per heavy atom. The number of rotatable bonds is 6. The van der Waals surface area contributed by atoms with Gasteiger partial charge >= 0.3 is 0 Å². The van der Waals surface area contributed by atoms with Crippen LogP contribution in [-0.2, 0) is 12.4 Å². The van der Waals surface area contributed by atoms with Crippen molar-refractivity contribution >= 4 is 34.4 Å². The van der Waals surface area contributed by atoms with Gasteiger partial charge in [0.1, 0.15) is 11.6 Å². The number of ether oxygens (including phenoxy) is 1. The van der Waals surface area contributed by atoms with Crippen molar-refractivity contribution < 1.29 is 4.74 Å². The highest BCUT2D eigenvalue weighted by Crippen LogP contribution is 2.24. The fourth-order valence-electron chi connectivity index (χ4n) is 2.07. The maximum Gasteiger partial charge on any atom is 0.124 e. The largest absolute Gasteiger partial charge is 0.497 e. The lowest BCUT2D eigenvalue weighted by Gasteiger charge is -2.11. The van der Waals surface area contributed by atoms with Crippen LogP contribution in [0.4, 0.5) is 0 Å². The van der Waals surface area contributed by atoms with E-state index in [-0.39, 0.29) is 0 Å². The Bertz CT molecular complexity index is 556. The van der Waals surface area contributed by atoms with E-state index < -0.39 is 0 Å². The van der Waals surface area contributed by atoms with E-state index in [0.29, 0.717) is 11.1 Å². The molecule has 1 atom stereocenters. The Morgan fingerprint density at radius 3 is 2.89 bits per heavy atom. The van der Waals surface area contributed by atoms with Gasteiger partial charge in [-0.1, -0.05) is 6.92 Å². The minimum atomic E-state index is 0.435. The number of halogens is 1. The number of alkyl halides is 1. The molecule has 5 heteroatoms. The molecule has 2 aromatic rings. The Kier molecular flexibility index (Phi) is 4.99. The zero-order chi connectivity index (χ0) is 13.8. The molecule has 0 spiro atoms. The van der Waals surface area contributed by atoms with Crippen molar-refractivity contribution in [3.63, 3.8) is 0 Å². The number of methoxy groups -OCH3 is 1. The summed E-state index contributed by atoms with van der Waals surface area (Å²) in [5, 5.41) is 0.638. The Balaban J connectivity index is 2.34. The van der Waals surface area contributed by atoms with Crippen molar-refractivity contribution in [3.05, 3.63) is 24.0 Å². The molecule has 0 aliphatic heterocycles. The van der Waals surface area contributed by atoms with Crippen LogP contribution in [0.15, 0.2) is 18.2 Å². The Hall–Kier alpha value is -0.870. The lowest BCUT2D eigenvalue weighted by molar-refractivity contribution is 0.415. The van der Waals surface area contributed by atoms with Crippen molar-refractivity contribution in [2.75, 3.05) is 13.4 Å². The van der Waals surface area contributed by atoms with Gasteiger partial charge < -0.3 is 9.30 Å². The first-order valence-corrected chi connectivity index (χ1v) is 8.13. The summed E-state index contributed by atoms with van der Waals surface area (Å²) in [4.78, 5) is 4.59. The van der Waals surface area contributed by atoms with Gasteiger partial charge in [0.2, 0.25) is 0 Å². The maximum atomic E-state index is 6.01. The fourth-order valence-corrected chi connectivity index (χ4v) is 2.61. The zero-order valence-corrected chi connectivity index (χ0v) is 13.1. The van der Waals surface area contributed by atoms with Gasteiger partial charge in [0.05, 0.1) is 24.0 Å². The first-order chi connectivity index (χ1) is 9.19. The van der Waals surface area contributed by atoms with E-state index in [1.54, 1.807) is 7.11 Å². The topological polar surface area (TPSA) is 27.1 Å². The Morgan fingerprint density at radius 2 is 2.26 bits per heavy atom. The molecule has 2 rings (SSSR count). The number of hydrogen-bond donors (Lipinski definition) is 0. The summed E-state index contributed by atoms with van der Waals surface area (Å²) in [6, 6.07) is 5.98. The standard InChI is InChI=1S/C14H19ClN2OS/c1-10(19-3)6-7-17-13-5-4-11(18-2)8-12(13)16-14(17)9-15/h4-5,8,10H,6-7,9H2,1-3H3. The van der Waals surface area contributed by atoms with Gasteiger partial charge in [-0.25, -0.2) is 4.98 Å². The molecule has 0 N–H and O–H groups in total. The average Bonchev–Trinajstić information content (AvgIpc) is 2.81. The zero-order valence-electron chi connectivity index (χ0n) is 11.5. The molecule has 0 saturated heterocycles. The van der Waals surface area contributed by atoms with Gasteiger partial charge in [-0.05, 0) is 24.8 Å². The summed E-state index contributed by atoms with van der Waals surface area (Å²) in [5.74, 6) is 2.19. The van der Waals surface area contributed by atoms with E-state index in [1.807, 2.05) is 23.9 Å². The van der Waals surface area contributed by atoms with Crippen LogP contribution in [0.1, 0.15) is 19.2 Å². The van der Waals surface area contributed by atoms with Crippen LogP contribution in [0.5, 0.6) is 5.75 Å². The summed E-state index contributed by atoms with van der Waals surface area (Å²) in [5.41, 5.74) is 2.08. The van der Waals surface area contributed by atoms with Gasteiger partial charge in [0.25, 0.3) is 0 Å². The molecule has 1 heterocycles. The van der Waals surface area contributed by atoms with Crippen LogP contribution < -0.4 is 4.74 Å². The molecule has 1 aromatic carbocycles. The fraction of sp³-hybridized carbons (Fsp3) is 0.500. The molecule has 19 heavy (non-hydrogen) atoms. The summed E-state index contributed by atoms with van der Waals surface area (Å²) in [7, 11) is 1.67. The van der Waals surface area contributed by atoms with Crippen molar-refractivity contribution in [2.45, 2.75) is 31.0 Å². The van der Waals surface area contributed by atoms with Crippen LogP contribution in [0, 0.1) is 0 Å². The number of hydrogen-bond acceptors (Lipinski definition) is 3. The molecular weight excluding hydrogens is 280 g/mol. The van der Waals surface area contributed by atoms with E-state index in [4.69, 9.17) is 16.3 Å². The van der Waals surface area contributed by atoms with E-state index in [9.17, 15) is 0 Å². The number of nitrogens with zero attached hydrogens (tertiary/aromatic N) is 2. The summed E-state index contributed by atoms with van der Waals surface area (Å²) >= 11 is 7.89. The number of benzene rings is 1. The smallest absolute Gasteiger partial charge is 0.124 e. The molecule has 0 bridgehead atoms. The summed E-state index contributed by atoms with van der Waals surface area (Å²) < 4.78 is 7.45. The first kappa shape index (κ1) is 14.5. The minimum Gasteiger partial charge on any atom is -0.497 e. The number of fused-ring (bicyclic) bond motifs is 1. The van der Waals surface area contributed by atoms with Crippen LogP contribution >= 0.6 is 23.4 Å². The van der Waals surface area contributed by atoms with Gasteiger partial charge in [-0.15, -0.1) is 11.6 Å². The van der Waals surface area contributed by atoms with E-state index in [2.05, 4.69) is 28.8 Å².